The van der Waals surface area contributed by atoms with Crippen molar-refractivity contribution in [1.82, 2.24) is 5.32 Å². The number of amides is 2. The van der Waals surface area contributed by atoms with Crippen LogP contribution in [-0.4, -0.2) is 11.0 Å². The summed E-state index contributed by atoms with van der Waals surface area (Å²) in [6.07, 6.45) is 0. The van der Waals surface area contributed by atoms with Crippen molar-refractivity contribution in [2.24, 2.45) is 0 Å². The van der Waals surface area contributed by atoms with Crippen molar-refractivity contribution in [3.05, 3.63) is 27.3 Å². The van der Waals surface area contributed by atoms with Crippen LogP contribution in [0, 0.1) is 10.1 Å². The molecule has 0 saturated heterocycles. The highest BCUT2D eigenvalue weighted by Gasteiger charge is 2.30. The van der Waals surface area contributed by atoms with Gasteiger partial charge in [0.1, 0.15) is 5.02 Å². The van der Waals surface area contributed by atoms with Gasteiger partial charge in [-0.25, -0.2) is 4.79 Å². The van der Waals surface area contributed by atoms with Gasteiger partial charge < -0.3 is 5.32 Å². The number of nitrogens with one attached hydrogen (secondary N) is 1. The molecule has 0 unspecified atom stereocenters. The molecular weight excluding hydrogens is 210 g/mol. The molecule has 0 saturated carbocycles. The maximum Gasteiger partial charge on any atom is 0.346 e. The van der Waals surface area contributed by atoms with E-state index in [1.807, 2.05) is 0 Å². The lowest BCUT2D eigenvalue weighted by molar-refractivity contribution is -0.384. The normalized spacial score (nSPS) is 13.1. The molecule has 6 nitrogen and oxygen atoms in total. The summed E-state index contributed by atoms with van der Waals surface area (Å²) in [6, 6.07) is 2.20. The van der Waals surface area contributed by atoms with E-state index in [-0.39, 0.29) is 16.4 Å². The summed E-state index contributed by atoms with van der Waals surface area (Å²) in [7, 11) is 0. The lowest BCUT2D eigenvalue weighted by atomic mass is 10.2. The van der Waals surface area contributed by atoms with E-state index in [1.54, 1.807) is 0 Å². The van der Waals surface area contributed by atoms with Crippen molar-refractivity contribution in [2.75, 3.05) is 5.32 Å². The van der Waals surface area contributed by atoms with Gasteiger partial charge in [-0.15, -0.1) is 0 Å². The Morgan fingerprint density at radius 2 is 2.21 bits per heavy atom. The molecule has 2 amide bonds. The first kappa shape index (κ1) is 8.76. The molecule has 1 aromatic rings. The van der Waals surface area contributed by atoms with Crippen LogP contribution < -0.4 is 10.6 Å². The van der Waals surface area contributed by atoms with E-state index in [4.69, 9.17) is 11.6 Å². The number of urea groups is 1. The monoisotopic (exact) mass is 212 g/mol. The first-order valence-electron chi connectivity index (χ1n) is 3.59. The molecule has 1 aliphatic rings. The van der Waals surface area contributed by atoms with Gasteiger partial charge in [0.2, 0.25) is 0 Å². The highest BCUT2D eigenvalue weighted by molar-refractivity contribution is 6.33. The number of fused-ring (bicyclic) bond motifs is 1. The Labute approximate surface area is 83.0 Å². The Balaban J connectivity index is 2.65. The molecular formula is C7H3ClN3O3. The SMILES string of the molecule is O=C1[N]c2c(ccc(Cl)c2[N+](=O)[O-])N1. The van der Waals surface area contributed by atoms with Crippen molar-refractivity contribution in [3.8, 4) is 0 Å². The zero-order valence-electron chi connectivity index (χ0n) is 6.65. The van der Waals surface area contributed by atoms with Crippen LogP contribution in [0.3, 0.4) is 0 Å². The molecule has 71 valence electrons. The van der Waals surface area contributed by atoms with E-state index < -0.39 is 11.0 Å². The third kappa shape index (κ3) is 1.16. The molecule has 0 aromatic heterocycles. The van der Waals surface area contributed by atoms with Crippen LogP contribution in [0.15, 0.2) is 12.1 Å². The number of hydrogen-bond donors (Lipinski definition) is 1. The van der Waals surface area contributed by atoms with Gasteiger partial charge in [-0.1, -0.05) is 11.6 Å². The smallest absolute Gasteiger partial charge is 0.304 e. The zero-order valence-corrected chi connectivity index (χ0v) is 7.41. The number of hydrogen-bond acceptors (Lipinski definition) is 3. The third-order valence-electron chi connectivity index (χ3n) is 1.74. The maximum absolute atomic E-state index is 10.8. The second kappa shape index (κ2) is 2.85. The van der Waals surface area contributed by atoms with Gasteiger partial charge in [0, 0.05) is 0 Å². The minimum absolute atomic E-state index is 0.00694. The Morgan fingerprint density at radius 1 is 1.50 bits per heavy atom. The average Bonchev–Trinajstić information content (AvgIpc) is 2.43. The number of benzene rings is 1. The molecule has 7 heteroatoms. The predicted molar refractivity (Wildman–Crippen MR) is 48.9 cm³/mol. The van der Waals surface area contributed by atoms with Crippen molar-refractivity contribution in [2.45, 2.75) is 0 Å². The lowest BCUT2D eigenvalue weighted by Crippen LogP contribution is -2.08. The van der Waals surface area contributed by atoms with Crippen LogP contribution in [0.4, 0.5) is 21.9 Å². The summed E-state index contributed by atoms with van der Waals surface area (Å²) in [5, 5.41) is 16.4. The number of carbonyl (C=O) groups is 1. The molecule has 0 bridgehead atoms. The topological polar surface area (TPSA) is 86.3 Å². The van der Waals surface area contributed by atoms with Crippen LogP contribution in [0.5, 0.6) is 0 Å². The van der Waals surface area contributed by atoms with Gasteiger partial charge in [-0.3, -0.25) is 10.1 Å². The summed E-state index contributed by atoms with van der Waals surface area (Å²) < 4.78 is 0. The summed E-state index contributed by atoms with van der Waals surface area (Å²) in [4.78, 5) is 20.8. The van der Waals surface area contributed by atoms with Crippen molar-refractivity contribution < 1.29 is 9.72 Å². The molecule has 1 N–H and O–H groups in total. The Morgan fingerprint density at radius 3 is 2.86 bits per heavy atom. The minimum atomic E-state index is -0.662. The van der Waals surface area contributed by atoms with Crippen LogP contribution in [-0.2, 0) is 0 Å². The number of rotatable bonds is 1. The Hall–Kier alpha value is -1.82. The number of nitrogens with zero attached hydrogens (tertiary/aromatic N) is 2. The summed E-state index contributed by atoms with van der Waals surface area (Å²) >= 11 is 5.61. The number of halogens is 1. The fraction of sp³-hybridized carbons (Fsp3) is 0. The molecule has 14 heavy (non-hydrogen) atoms. The largest absolute Gasteiger partial charge is 0.346 e. The third-order valence-corrected chi connectivity index (χ3v) is 2.04. The van der Waals surface area contributed by atoms with Gasteiger partial charge in [0.05, 0.1) is 10.6 Å². The van der Waals surface area contributed by atoms with Crippen LogP contribution in [0.25, 0.3) is 0 Å². The number of anilines is 1. The van der Waals surface area contributed by atoms with E-state index >= 15 is 0 Å². The molecule has 0 spiro atoms. The molecule has 0 atom stereocenters. The standard InChI is InChI=1S/C7H3ClN3O3/c8-3-1-2-4-5(6(3)11(13)14)10-7(12)9-4/h1-2H,(H,9,12). The molecule has 1 aliphatic heterocycles. The summed E-state index contributed by atoms with van der Waals surface area (Å²) in [5.41, 5.74) is -0.0406. The highest BCUT2D eigenvalue weighted by atomic mass is 35.5. The van der Waals surface area contributed by atoms with Gasteiger partial charge in [-0.2, -0.15) is 5.32 Å². The molecule has 1 heterocycles. The second-order valence-electron chi connectivity index (χ2n) is 2.59. The van der Waals surface area contributed by atoms with Gasteiger partial charge in [-0.05, 0) is 12.1 Å². The second-order valence-corrected chi connectivity index (χ2v) is 3.00. The summed E-state index contributed by atoms with van der Waals surface area (Å²) in [6.45, 7) is 0. The first-order valence-corrected chi connectivity index (χ1v) is 3.97. The maximum atomic E-state index is 10.8. The quantitative estimate of drug-likeness (QED) is 0.571. The fourth-order valence-electron chi connectivity index (χ4n) is 1.19. The van der Waals surface area contributed by atoms with Gasteiger partial charge in [0.25, 0.3) is 0 Å². The zero-order chi connectivity index (χ0) is 10.3. The summed E-state index contributed by atoms with van der Waals surface area (Å²) in [5.74, 6) is 0. The molecule has 2 rings (SSSR count). The highest BCUT2D eigenvalue weighted by Crippen LogP contribution is 2.41. The van der Waals surface area contributed by atoms with Crippen molar-refractivity contribution in [3.63, 3.8) is 0 Å². The van der Waals surface area contributed by atoms with Gasteiger partial charge >= 0.3 is 11.7 Å². The van der Waals surface area contributed by atoms with Crippen LogP contribution >= 0.6 is 11.6 Å². The van der Waals surface area contributed by atoms with Crippen LogP contribution in [0.2, 0.25) is 5.02 Å². The Kier molecular flexibility index (Phi) is 1.78. The van der Waals surface area contributed by atoms with Gasteiger partial charge in [0.15, 0.2) is 5.69 Å². The van der Waals surface area contributed by atoms with Crippen LogP contribution in [0.1, 0.15) is 0 Å². The van der Waals surface area contributed by atoms with Crippen molar-refractivity contribution >= 4 is 34.7 Å². The minimum Gasteiger partial charge on any atom is -0.304 e. The van der Waals surface area contributed by atoms with E-state index in [1.165, 1.54) is 12.1 Å². The molecule has 1 radical (unpaired) electrons. The van der Waals surface area contributed by atoms with E-state index in [9.17, 15) is 14.9 Å². The average molecular weight is 213 g/mol. The fourth-order valence-corrected chi connectivity index (χ4v) is 1.41. The Bertz CT molecular complexity index is 446. The first-order chi connectivity index (χ1) is 6.59. The number of carbonyl (C=O) groups excluding carboxylic acids is 1. The number of nitro benzene ring substituents is 1. The van der Waals surface area contributed by atoms with E-state index in [0.717, 1.165) is 0 Å². The van der Waals surface area contributed by atoms with E-state index in [2.05, 4.69) is 10.6 Å². The molecule has 0 fully saturated rings. The van der Waals surface area contributed by atoms with E-state index in [0.29, 0.717) is 5.69 Å². The lowest BCUT2D eigenvalue weighted by Gasteiger charge is -1.98. The van der Waals surface area contributed by atoms with Crippen molar-refractivity contribution in [1.29, 1.82) is 0 Å². The molecule has 1 aromatic carbocycles. The number of nitro groups is 1. The predicted octanol–water partition coefficient (Wildman–Crippen LogP) is 2.03. The molecule has 0 aliphatic carbocycles.